The molecule has 3 atom stereocenters. The molecule has 3 heterocycles. The van der Waals surface area contributed by atoms with Crippen molar-refractivity contribution in [2.45, 2.75) is 44.2 Å². The van der Waals surface area contributed by atoms with Crippen molar-refractivity contribution in [3.8, 4) is 0 Å². The van der Waals surface area contributed by atoms with Crippen molar-refractivity contribution < 1.29 is 4.74 Å². The molecule has 2 bridgehead atoms. The second-order valence-electron chi connectivity index (χ2n) is 6.93. The molecule has 3 aliphatic heterocycles. The number of nitrogens with two attached hydrogens (primary N) is 1. The van der Waals surface area contributed by atoms with Crippen LogP contribution in [0.5, 0.6) is 0 Å². The number of hydrogen-bond acceptors (Lipinski definition) is 4. The second kappa shape index (κ2) is 5.68. The highest BCUT2D eigenvalue weighted by Gasteiger charge is 2.38. The SMILES string of the molecule is CN1C2CCC1CN(CC1(CN)CCCOC1)CC2. The third kappa shape index (κ3) is 2.82. The summed E-state index contributed by atoms with van der Waals surface area (Å²) in [5.41, 5.74) is 6.30. The number of likely N-dealkylation sites (N-methyl/N-ethyl adjacent to an activating group) is 1. The fraction of sp³-hybridized carbons (Fsp3) is 1.00. The third-order valence-corrected chi connectivity index (χ3v) is 5.63. The van der Waals surface area contributed by atoms with Gasteiger partial charge in [-0.1, -0.05) is 0 Å². The zero-order valence-corrected chi connectivity index (χ0v) is 12.3. The topological polar surface area (TPSA) is 41.7 Å². The molecule has 19 heavy (non-hydrogen) atoms. The van der Waals surface area contributed by atoms with Gasteiger partial charge >= 0.3 is 0 Å². The van der Waals surface area contributed by atoms with Crippen LogP contribution in [0.25, 0.3) is 0 Å². The minimum absolute atomic E-state index is 0.223. The highest BCUT2D eigenvalue weighted by atomic mass is 16.5. The molecule has 2 N–H and O–H groups in total. The third-order valence-electron chi connectivity index (χ3n) is 5.63. The first-order valence-corrected chi connectivity index (χ1v) is 7.95. The van der Waals surface area contributed by atoms with Gasteiger partial charge < -0.3 is 15.4 Å². The summed E-state index contributed by atoms with van der Waals surface area (Å²) >= 11 is 0. The van der Waals surface area contributed by atoms with Crippen LogP contribution in [-0.4, -0.2) is 68.3 Å². The minimum Gasteiger partial charge on any atom is -0.381 e. The Hall–Kier alpha value is -0.160. The van der Waals surface area contributed by atoms with Gasteiger partial charge in [-0.15, -0.1) is 0 Å². The lowest BCUT2D eigenvalue weighted by Gasteiger charge is -2.40. The first kappa shape index (κ1) is 13.8. The van der Waals surface area contributed by atoms with E-state index in [1.165, 1.54) is 45.2 Å². The van der Waals surface area contributed by atoms with Crippen molar-refractivity contribution in [3.63, 3.8) is 0 Å². The van der Waals surface area contributed by atoms with Crippen LogP contribution in [0.15, 0.2) is 0 Å². The average Bonchev–Trinajstić information content (AvgIpc) is 2.68. The fourth-order valence-corrected chi connectivity index (χ4v) is 4.26. The summed E-state index contributed by atoms with van der Waals surface area (Å²) in [5, 5.41) is 0. The molecule has 110 valence electrons. The number of fused-ring (bicyclic) bond motifs is 2. The molecule has 3 saturated heterocycles. The second-order valence-corrected chi connectivity index (χ2v) is 6.93. The van der Waals surface area contributed by atoms with Crippen LogP contribution in [0, 0.1) is 5.41 Å². The Labute approximate surface area is 117 Å². The smallest absolute Gasteiger partial charge is 0.0546 e. The maximum absolute atomic E-state index is 6.08. The molecule has 0 aromatic carbocycles. The zero-order valence-electron chi connectivity index (χ0n) is 12.3. The van der Waals surface area contributed by atoms with Crippen LogP contribution in [0.3, 0.4) is 0 Å². The van der Waals surface area contributed by atoms with Gasteiger partial charge in [-0.3, -0.25) is 4.90 Å². The lowest BCUT2D eigenvalue weighted by atomic mass is 9.82. The van der Waals surface area contributed by atoms with E-state index in [4.69, 9.17) is 10.5 Å². The largest absolute Gasteiger partial charge is 0.381 e. The molecular weight excluding hydrogens is 238 g/mol. The van der Waals surface area contributed by atoms with E-state index in [9.17, 15) is 0 Å². The van der Waals surface area contributed by atoms with Gasteiger partial charge in [0.1, 0.15) is 0 Å². The highest BCUT2D eigenvalue weighted by molar-refractivity contribution is 4.94. The Kier molecular flexibility index (Phi) is 4.13. The van der Waals surface area contributed by atoms with Crippen LogP contribution in [0.4, 0.5) is 0 Å². The molecule has 0 radical (unpaired) electrons. The van der Waals surface area contributed by atoms with Gasteiger partial charge in [-0.05, 0) is 45.7 Å². The number of nitrogens with zero attached hydrogens (tertiary/aromatic N) is 2. The van der Waals surface area contributed by atoms with E-state index in [-0.39, 0.29) is 5.41 Å². The number of hydrogen-bond donors (Lipinski definition) is 1. The molecule has 0 aliphatic carbocycles. The molecule has 3 unspecified atom stereocenters. The van der Waals surface area contributed by atoms with E-state index < -0.39 is 0 Å². The molecule has 3 aliphatic rings. The predicted octanol–water partition coefficient (Wildman–Crippen LogP) is 0.910. The summed E-state index contributed by atoms with van der Waals surface area (Å²) in [6.07, 6.45) is 6.53. The number of rotatable bonds is 3. The lowest BCUT2D eigenvalue weighted by Crippen LogP contribution is -2.49. The molecular formula is C15H29N3O. The van der Waals surface area contributed by atoms with E-state index >= 15 is 0 Å². The van der Waals surface area contributed by atoms with Gasteiger partial charge in [0.15, 0.2) is 0 Å². The van der Waals surface area contributed by atoms with Crippen LogP contribution in [0.1, 0.15) is 32.1 Å². The summed E-state index contributed by atoms with van der Waals surface area (Å²) in [6, 6.07) is 1.60. The Morgan fingerprint density at radius 2 is 2.11 bits per heavy atom. The fourth-order valence-electron chi connectivity index (χ4n) is 4.26. The molecule has 0 aromatic heterocycles. The maximum Gasteiger partial charge on any atom is 0.0546 e. The Bertz CT molecular complexity index is 304. The maximum atomic E-state index is 6.08. The normalized spacial score (nSPS) is 41.4. The highest BCUT2D eigenvalue weighted by Crippen LogP contribution is 2.32. The van der Waals surface area contributed by atoms with Crippen molar-refractivity contribution in [1.82, 2.24) is 9.80 Å². The molecule has 3 fully saturated rings. The quantitative estimate of drug-likeness (QED) is 0.825. The summed E-state index contributed by atoms with van der Waals surface area (Å²) < 4.78 is 5.72. The summed E-state index contributed by atoms with van der Waals surface area (Å²) in [4.78, 5) is 5.29. The minimum atomic E-state index is 0.223. The zero-order chi connectivity index (χ0) is 13.3. The van der Waals surface area contributed by atoms with Gasteiger partial charge in [0.25, 0.3) is 0 Å². The summed E-state index contributed by atoms with van der Waals surface area (Å²) in [7, 11) is 2.31. The van der Waals surface area contributed by atoms with Gasteiger partial charge in [0.2, 0.25) is 0 Å². The van der Waals surface area contributed by atoms with E-state index in [1.54, 1.807) is 0 Å². The van der Waals surface area contributed by atoms with Crippen molar-refractivity contribution in [1.29, 1.82) is 0 Å². The molecule has 4 heteroatoms. The van der Waals surface area contributed by atoms with E-state index in [0.29, 0.717) is 0 Å². The Morgan fingerprint density at radius 3 is 2.84 bits per heavy atom. The van der Waals surface area contributed by atoms with Crippen LogP contribution in [-0.2, 0) is 4.74 Å². The molecule has 0 aromatic rings. The molecule has 0 amide bonds. The summed E-state index contributed by atoms with van der Waals surface area (Å²) in [5.74, 6) is 0. The van der Waals surface area contributed by atoms with Crippen LogP contribution < -0.4 is 5.73 Å². The van der Waals surface area contributed by atoms with Crippen LogP contribution >= 0.6 is 0 Å². The van der Waals surface area contributed by atoms with E-state index in [1.807, 2.05) is 0 Å². The Balaban J connectivity index is 1.62. The summed E-state index contributed by atoms with van der Waals surface area (Å²) in [6.45, 7) is 6.18. The molecule has 0 spiro atoms. The standard InChI is InChI=1S/C15H29N3O/c1-17-13-3-4-14(17)9-18(7-5-13)11-15(10-16)6-2-8-19-12-15/h13-14H,2-12,16H2,1H3. The lowest BCUT2D eigenvalue weighted by molar-refractivity contribution is -0.0228. The van der Waals surface area contributed by atoms with Crippen LogP contribution in [0.2, 0.25) is 0 Å². The van der Waals surface area contributed by atoms with E-state index in [0.717, 1.165) is 38.4 Å². The van der Waals surface area contributed by atoms with Crippen molar-refractivity contribution >= 4 is 0 Å². The van der Waals surface area contributed by atoms with Gasteiger partial charge in [-0.2, -0.15) is 0 Å². The van der Waals surface area contributed by atoms with Gasteiger partial charge in [-0.25, -0.2) is 0 Å². The van der Waals surface area contributed by atoms with Crippen molar-refractivity contribution in [3.05, 3.63) is 0 Å². The first-order valence-electron chi connectivity index (χ1n) is 7.95. The Morgan fingerprint density at radius 1 is 1.26 bits per heavy atom. The molecule has 3 rings (SSSR count). The van der Waals surface area contributed by atoms with Gasteiger partial charge in [0, 0.05) is 43.7 Å². The molecule has 4 nitrogen and oxygen atoms in total. The van der Waals surface area contributed by atoms with Crippen molar-refractivity contribution in [2.24, 2.45) is 11.1 Å². The van der Waals surface area contributed by atoms with E-state index in [2.05, 4.69) is 16.8 Å². The van der Waals surface area contributed by atoms with Crippen molar-refractivity contribution in [2.75, 3.05) is 46.4 Å². The number of likely N-dealkylation sites (tertiary alicyclic amines) is 1. The first-order chi connectivity index (χ1) is 9.22. The predicted molar refractivity (Wildman–Crippen MR) is 77.2 cm³/mol. The number of ether oxygens (including phenoxy) is 1. The average molecular weight is 267 g/mol. The monoisotopic (exact) mass is 267 g/mol. The molecule has 0 saturated carbocycles. The van der Waals surface area contributed by atoms with Gasteiger partial charge in [0.05, 0.1) is 6.61 Å².